The number of carbonyl (C=O) groups is 2. The molecule has 3 rings (SSSR count). The van der Waals surface area contributed by atoms with Crippen molar-refractivity contribution < 1.29 is 19.1 Å². The van der Waals surface area contributed by atoms with Crippen molar-refractivity contribution in [1.29, 1.82) is 0 Å². The van der Waals surface area contributed by atoms with Gasteiger partial charge in [-0.05, 0) is 36.4 Å². The van der Waals surface area contributed by atoms with Crippen molar-refractivity contribution in [3.63, 3.8) is 0 Å². The number of halogens is 2. The first-order valence-corrected chi connectivity index (χ1v) is 8.17. The van der Waals surface area contributed by atoms with Gasteiger partial charge in [-0.1, -0.05) is 27.5 Å². The number of nitrogens with one attached hydrogen (secondary N) is 2. The third-order valence-electron chi connectivity index (χ3n) is 3.27. The quantitative estimate of drug-likeness (QED) is 0.745. The third kappa shape index (κ3) is 3.63. The fourth-order valence-electron chi connectivity index (χ4n) is 2.11. The Hall–Kier alpha value is -2.25. The molecule has 1 aliphatic rings. The van der Waals surface area contributed by atoms with E-state index in [0.29, 0.717) is 30.3 Å². The second-order valence-electron chi connectivity index (χ2n) is 4.89. The summed E-state index contributed by atoms with van der Waals surface area (Å²) in [6.45, 7) is 0.902. The molecular formula is C16H12BrClN2O4. The van der Waals surface area contributed by atoms with E-state index in [9.17, 15) is 9.59 Å². The molecule has 6 nitrogen and oxygen atoms in total. The summed E-state index contributed by atoms with van der Waals surface area (Å²) in [5, 5.41) is 0.274. The number of rotatable bonds is 2. The summed E-state index contributed by atoms with van der Waals surface area (Å²) in [5.74, 6) is 0.0895. The summed E-state index contributed by atoms with van der Waals surface area (Å²) in [6, 6.07) is 9.63. The molecule has 0 bridgehead atoms. The summed E-state index contributed by atoms with van der Waals surface area (Å²) in [7, 11) is 0. The number of ether oxygens (including phenoxy) is 2. The molecule has 0 aromatic heterocycles. The molecule has 2 aromatic carbocycles. The minimum Gasteiger partial charge on any atom is -0.486 e. The highest BCUT2D eigenvalue weighted by Gasteiger charge is 2.16. The van der Waals surface area contributed by atoms with Gasteiger partial charge in [-0.25, -0.2) is 0 Å². The molecule has 0 aliphatic carbocycles. The molecule has 8 heteroatoms. The van der Waals surface area contributed by atoms with Crippen LogP contribution < -0.4 is 20.3 Å². The Balaban J connectivity index is 1.66. The first-order valence-electron chi connectivity index (χ1n) is 7.00. The smallest absolute Gasteiger partial charge is 0.271 e. The average Bonchev–Trinajstić information content (AvgIpc) is 2.59. The van der Waals surface area contributed by atoms with E-state index in [-0.39, 0.29) is 10.6 Å². The van der Waals surface area contributed by atoms with Gasteiger partial charge in [-0.15, -0.1) is 0 Å². The van der Waals surface area contributed by atoms with Gasteiger partial charge in [0.25, 0.3) is 11.8 Å². The monoisotopic (exact) mass is 410 g/mol. The zero-order valence-electron chi connectivity index (χ0n) is 12.3. The Bertz CT molecular complexity index is 813. The standard InChI is InChI=1S/C16H12BrClN2O4/c17-10-2-3-11(12(18)8-10)16(22)20-19-15(21)9-1-4-13-14(7-9)24-6-5-23-13/h1-4,7-8H,5-6H2,(H,19,21)(H,20,22). The van der Waals surface area contributed by atoms with Crippen LogP contribution in [0.5, 0.6) is 11.5 Å². The molecule has 1 heterocycles. The number of hydrogen-bond acceptors (Lipinski definition) is 4. The van der Waals surface area contributed by atoms with Crippen molar-refractivity contribution in [3.05, 3.63) is 57.0 Å². The zero-order valence-corrected chi connectivity index (χ0v) is 14.6. The van der Waals surface area contributed by atoms with E-state index in [1.165, 1.54) is 0 Å². The Morgan fingerprint density at radius 1 is 0.958 bits per heavy atom. The van der Waals surface area contributed by atoms with Crippen molar-refractivity contribution in [1.82, 2.24) is 10.9 Å². The topological polar surface area (TPSA) is 76.7 Å². The van der Waals surface area contributed by atoms with Crippen LogP contribution in [0.1, 0.15) is 20.7 Å². The molecule has 0 spiro atoms. The maximum Gasteiger partial charge on any atom is 0.271 e. The minimum absolute atomic E-state index is 0.252. The largest absolute Gasteiger partial charge is 0.486 e. The van der Waals surface area contributed by atoms with Crippen LogP contribution in [0.15, 0.2) is 40.9 Å². The SMILES string of the molecule is O=C(NNC(=O)c1ccc(Br)cc1Cl)c1ccc2c(c1)OCCO2. The minimum atomic E-state index is -0.515. The number of amides is 2. The van der Waals surface area contributed by atoms with Crippen LogP contribution in [0, 0.1) is 0 Å². The Labute approximate surface area is 151 Å². The molecule has 2 aromatic rings. The number of carbonyl (C=O) groups excluding carboxylic acids is 2. The van der Waals surface area contributed by atoms with Crippen molar-refractivity contribution >= 4 is 39.3 Å². The second kappa shape index (κ2) is 7.11. The van der Waals surface area contributed by atoms with Crippen molar-refractivity contribution in [2.24, 2.45) is 0 Å². The first kappa shape index (κ1) is 16.6. The molecule has 1 aliphatic heterocycles. The first-order chi connectivity index (χ1) is 11.5. The van der Waals surface area contributed by atoms with Gasteiger partial charge >= 0.3 is 0 Å². The van der Waals surface area contributed by atoms with Crippen LogP contribution in [0.4, 0.5) is 0 Å². The highest BCUT2D eigenvalue weighted by atomic mass is 79.9. The van der Waals surface area contributed by atoms with E-state index in [4.69, 9.17) is 21.1 Å². The lowest BCUT2D eigenvalue weighted by molar-refractivity contribution is 0.0846. The summed E-state index contributed by atoms with van der Waals surface area (Å²) < 4.78 is 11.6. The van der Waals surface area contributed by atoms with Crippen LogP contribution in [0.3, 0.4) is 0 Å². The maximum absolute atomic E-state index is 12.1. The van der Waals surface area contributed by atoms with E-state index in [1.54, 1.807) is 36.4 Å². The molecule has 0 saturated heterocycles. The highest BCUT2D eigenvalue weighted by molar-refractivity contribution is 9.10. The van der Waals surface area contributed by atoms with E-state index < -0.39 is 11.8 Å². The molecule has 24 heavy (non-hydrogen) atoms. The van der Waals surface area contributed by atoms with Crippen LogP contribution in [0.2, 0.25) is 5.02 Å². The van der Waals surface area contributed by atoms with Crippen LogP contribution in [0.25, 0.3) is 0 Å². The number of benzene rings is 2. The lowest BCUT2D eigenvalue weighted by Crippen LogP contribution is -2.41. The fourth-order valence-corrected chi connectivity index (χ4v) is 2.87. The van der Waals surface area contributed by atoms with Gasteiger partial charge < -0.3 is 9.47 Å². The molecule has 2 N–H and O–H groups in total. The van der Waals surface area contributed by atoms with Gasteiger partial charge in [0.1, 0.15) is 13.2 Å². The Morgan fingerprint density at radius 3 is 2.42 bits per heavy atom. The second-order valence-corrected chi connectivity index (χ2v) is 6.21. The summed E-state index contributed by atoms with van der Waals surface area (Å²) in [6.07, 6.45) is 0. The summed E-state index contributed by atoms with van der Waals surface area (Å²) in [4.78, 5) is 24.2. The van der Waals surface area contributed by atoms with Crippen molar-refractivity contribution in [3.8, 4) is 11.5 Å². The van der Waals surface area contributed by atoms with E-state index in [0.717, 1.165) is 4.47 Å². The van der Waals surface area contributed by atoms with Gasteiger partial charge in [0, 0.05) is 10.0 Å². The Morgan fingerprint density at radius 2 is 1.67 bits per heavy atom. The summed E-state index contributed by atoms with van der Waals surface area (Å²) >= 11 is 9.26. The molecule has 0 atom stereocenters. The molecule has 2 amide bonds. The van der Waals surface area contributed by atoms with Gasteiger partial charge in [0.2, 0.25) is 0 Å². The number of hydrazine groups is 1. The molecule has 124 valence electrons. The van der Waals surface area contributed by atoms with Crippen LogP contribution in [-0.4, -0.2) is 25.0 Å². The van der Waals surface area contributed by atoms with Gasteiger partial charge in [0.15, 0.2) is 11.5 Å². The lowest BCUT2D eigenvalue weighted by atomic mass is 10.2. The Kier molecular flexibility index (Phi) is 4.92. The normalized spacial score (nSPS) is 12.4. The molecule has 0 saturated carbocycles. The van der Waals surface area contributed by atoms with Gasteiger partial charge in [-0.2, -0.15) is 0 Å². The van der Waals surface area contributed by atoms with Crippen LogP contribution in [-0.2, 0) is 0 Å². The van der Waals surface area contributed by atoms with Crippen molar-refractivity contribution in [2.45, 2.75) is 0 Å². The van der Waals surface area contributed by atoms with E-state index in [1.807, 2.05) is 0 Å². The van der Waals surface area contributed by atoms with Gasteiger partial charge in [0.05, 0.1) is 10.6 Å². The lowest BCUT2D eigenvalue weighted by Gasteiger charge is -2.18. The van der Waals surface area contributed by atoms with Crippen LogP contribution >= 0.6 is 27.5 Å². The molecular weight excluding hydrogens is 400 g/mol. The van der Waals surface area contributed by atoms with E-state index in [2.05, 4.69) is 26.8 Å². The number of hydrogen-bond donors (Lipinski definition) is 2. The van der Waals surface area contributed by atoms with Crippen molar-refractivity contribution in [2.75, 3.05) is 13.2 Å². The average molecular weight is 412 g/mol. The molecule has 0 radical (unpaired) electrons. The highest BCUT2D eigenvalue weighted by Crippen LogP contribution is 2.30. The maximum atomic E-state index is 12.1. The fraction of sp³-hybridized carbons (Fsp3) is 0.125. The third-order valence-corrected chi connectivity index (χ3v) is 4.08. The summed E-state index contributed by atoms with van der Waals surface area (Å²) in [5.41, 5.74) is 5.25. The predicted molar refractivity (Wildman–Crippen MR) is 91.5 cm³/mol. The molecule has 0 unspecified atom stereocenters. The number of fused-ring (bicyclic) bond motifs is 1. The van der Waals surface area contributed by atoms with E-state index >= 15 is 0 Å². The van der Waals surface area contributed by atoms with Gasteiger partial charge in [-0.3, -0.25) is 20.4 Å². The predicted octanol–water partition coefficient (Wildman–Crippen LogP) is 2.95. The zero-order chi connectivity index (χ0) is 17.1. The molecule has 0 fully saturated rings.